The van der Waals surface area contributed by atoms with E-state index < -0.39 is 8.42 Å². The lowest BCUT2D eigenvalue weighted by molar-refractivity contribution is 0.773. The number of rotatable bonds is 0. The summed E-state index contributed by atoms with van der Waals surface area (Å²) < 4.78 is 20.4. The molecule has 0 amide bonds. The van der Waals surface area contributed by atoms with E-state index >= 15 is 0 Å². The molecule has 0 saturated carbocycles. The van der Waals surface area contributed by atoms with E-state index in [1.54, 1.807) is 0 Å². The minimum Gasteiger partial charge on any atom is -0.202 e. The average Bonchev–Trinajstić information content (AvgIpc) is 0.811. The van der Waals surface area contributed by atoms with Crippen molar-refractivity contribution >= 4 is 16.0 Å². The first-order chi connectivity index (χ1) is 1.73. The van der Waals surface area contributed by atoms with Crippen molar-refractivity contribution in [1.29, 1.82) is 0 Å². The highest BCUT2D eigenvalue weighted by atomic mass is 31.2. The molecular formula is BF2P. The van der Waals surface area contributed by atoms with E-state index in [2.05, 4.69) is 7.57 Å². The molecule has 0 bridgehead atoms. The standard InChI is InChI=1S/BF2P/c1-4(2)3. The molecule has 0 heterocycles. The second-order valence-electron chi connectivity index (χ2n) is 0.259. The first-order valence-electron chi connectivity index (χ1n) is 0.596. The zero-order chi connectivity index (χ0) is 3.58. The molecule has 4 heteroatoms. The highest BCUT2D eigenvalue weighted by Gasteiger charge is 1.81. The van der Waals surface area contributed by atoms with Crippen LogP contribution in [-0.4, -0.2) is 7.57 Å². The minimum atomic E-state index is -3.12. The Bertz CT molecular complexity index is 10.8. The number of hydrogen-bond donors (Lipinski definition) is 0. The molecular weight excluding hydrogens is 79.8 g/mol. The molecule has 0 atom stereocenters. The van der Waals surface area contributed by atoms with Gasteiger partial charge >= 0.3 is 0 Å². The molecule has 22 valence electrons. The molecule has 0 saturated heterocycles. The van der Waals surface area contributed by atoms with Gasteiger partial charge in [-0.2, -0.15) is 0 Å². The molecule has 0 rings (SSSR count). The summed E-state index contributed by atoms with van der Waals surface area (Å²) in [6, 6.07) is 0. The van der Waals surface area contributed by atoms with Gasteiger partial charge in [0, 0.05) is 0 Å². The Morgan fingerprint density at radius 1 is 1.50 bits per heavy atom. The summed E-state index contributed by atoms with van der Waals surface area (Å²) in [4.78, 5) is 0. The van der Waals surface area contributed by atoms with Crippen LogP contribution in [0.4, 0.5) is 8.39 Å². The van der Waals surface area contributed by atoms with Crippen molar-refractivity contribution in [3.63, 3.8) is 0 Å². The first kappa shape index (κ1) is 4.35. The Kier molecular flexibility index (Phi) is 1.80. The van der Waals surface area contributed by atoms with Crippen LogP contribution in [0.15, 0.2) is 0 Å². The summed E-state index contributed by atoms with van der Waals surface area (Å²) in [5, 5.41) is 0. The SMILES string of the molecule is [B]P(F)F. The summed E-state index contributed by atoms with van der Waals surface area (Å²) in [5.41, 5.74) is 0. The lowest BCUT2D eigenvalue weighted by Gasteiger charge is -1.68. The maximum atomic E-state index is 10.2. The summed E-state index contributed by atoms with van der Waals surface area (Å²) in [5.74, 6) is 0. The number of halogens is 2. The second-order valence-corrected chi connectivity index (χ2v) is 0.777. The van der Waals surface area contributed by atoms with Gasteiger partial charge < -0.3 is 0 Å². The minimum absolute atomic E-state index is 3.12. The largest absolute Gasteiger partial charge is 0.204 e. The van der Waals surface area contributed by atoms with Crippen LogP contribution in [0.2, 0.25) is 0 Å². The van der Waals surface area contributed by atoms with E-state index in [0.717, 1.165) is 0 Å². The maximum absolute atomic E-state index is 10.2. The molecule has 0 nitrogen and oxygen atoms in total. The van der Waals surface area contributed by atoms with Crippen molar-refractivity contribution in [3.8, 4) is 0 Å². The Morgan fingerprint density at radius 2 is 1.50 bits per heavy atom. The van der Waals surface area contributed by atoms with Crippen molar-refractivity contribution in [2.24, 2.45) is 0 Å². The van der Waals surface area contributed by atoms with Crippen LogP contribution >= 0.6 is 8.42 Å². The zero-order valence-corrected chi connectivity index (χ0v) is 2.67. The zero-order valence-electron chi connectivity index (χ0n) is 1.78. The molecule has 0 unspecified atom stereocenters. The smallest absolute Gasteiger partial charge is 0.202 e. The van der Waals surface area contributed by atoms with Crippen molar-refractivity contribution in [3.05, 3.63) is 0 Å². The topological polar surface area (TPSA) is 0 Å². The highest BCUT2D eigenvalue weighted by Crippen LogP contribution is 2.30. The van der Waals surface area contributed by atoms with Gasteiger partial charge in [-0.15, -0.1) is 0 Å². The highest BCUT2D eigenvalue weighted by molar-refractivity contribution is 7.73. The van der Waals surface area contributed by atoms with E-state index in [0.29, 0.717) is 0 Å². The van der Waals surface area contributed by atoms with Crippen LogP contribution in [0.1, 0.15) is 0 Å². The van der Waals surface area contributed by atoms with E-state index in [1.807, 2.05) is 0 Å². The van der Waals surface area contributed by atoms with Crippen molar-refractivity contribution in [2.45, 2.75) is 0 Å². The Balaban J connectivity index is 2.32. The third kappa shape index (κ3) is 34.3. The second kappa shape index (κ2) is 1.65. The summed E-state index contributed by atoms with van der Waals surface area (Å²) in [7, 11) is 0.722. The fourth-order valence-electron chi connectivity index (χ4n) is 0. The fourth-order valence-corrected chi connectivity index (χ4v) is 0. The summed E-state index contributed by atoms with van der Waals surface area (Å²) in [6.07, 6.45) is 0. The Morgan fingerprint density at radius 3 is 1.50 bits per heavy atom. The summed E-state index contributed by atoms with van der Waals surface area (Å²) >= 11 is 0. The summed E-state index contributed by atoms with van der Waals surface area (Å²) in [6.45, 7) is 0. The third-order valence-corrected chi connectivity index (χ3v) is 0. The van der Waals surface area contributed by atoms with Crippen molar-refractivity contribution < 1.29 is 8.39 Å². The van der Waals surface area contributed by atoms with Gasteiger partial charge in [-0.05, 0) is 0 Å². The lowest BCUT2D eigenvalue weighted by Crippen LogP contribution is -1.33. The Hall–Kier alpha value is 0.355. The van der Waals surface area contributed by atoms with Crippen molar-refractivity contribution in [1.82, 2.24) is 0 Å². The molecule has 0 N–H and O–H groups in total. The van der Waals surface area contributed by atoms with Crippen LogP contribution in [0.3, 0.4) is 0 Å². The Labute approximate surface area is 25.6 Å². The average molecular weight is 79.8 g/mol. The quantitative estimate of drug-likeness (QED) is 0.304. The molecule has 4 heavy (non-hydrogen) atoms. The van der Waals surface area contributed by atoms with Gasteiger partial charge in [0.2, 0.25) is 16.0 Å². The van der Waals surface area contributed by atoms with Crippen LogP contribution < -0.4 is 0 Å². The first-order valence-corrected chi connectivity index (χ1v) is 1.79. The molecule has 0 aromatic heterocycles. The van der Waals surface area contributed by atoms with Crippen LogP contribution in [-0.2, 0) is 0 Å². The molecule has 0 aliphatic carbocycles. The van der Waals surface area contributed by atoms with Gasteiger partial charge in [-0.3, -0.25) is 0 Å². The van der Waals surface area contributed by atoms with E-state index in [9.17, 15) is 8.39 Å². The predicted molar refractivity (Wildman–Crippen MR) is 14.9 cm³/mol. The van der Waals surface area contributed by atoms with Gasteiger partial charge in [0.05, 0.1) is 0 Å². The van der Waals surface area contributed by atoms with Gasteiger partial charge in [0.1, 0.15) is 0 Å². The van der Waals surface area contributed by atoms with Gasteiger partial charge in [0.15, 0.2) is 0 Å². The fraction of sp³-hybridized carbons (Fsp3) is 0. The molecule has 0 aliphatic heterocycles. The number of hydrogen-bond acceptors (Lipinski definition) is 0. The lowest BCUT2D eigenvalue weighted by atomic mass is 10.8. The van der Waals surface area contributed by atoms with Gasteiger partial charge in [-0.1, -0.05) is 0 Å². The molecule has 0 spiro atoms. The van der Waals surface area contributed by atoms with E-state index in [1.165, 1.54) is 0 Å². The van der Waals surface area contributed by atoms with Crippen LogP contribution in [0.5, 0.6) is 0 Å². The molecule has 0 aromatic rings. The normalized spacial score (nSPS) is 8.75. The molecule has 0 fully saturated rings. The predicted octanol–water partition coefficient (Wildman–Crippen LogP) is 1.32. The van der Waals surface area contributed by atoms with Crippen molar-refractivity contribution in [2.75, 3.05) is 0 Å². The third-order valence-electron chi connectivity index (χ3n) is 0. The van der Waals surface area contributed by atoms with Gasteiger partial charge in [-0.25, -0.2) is 8.39 Å². The monoisotopic (exact) mass is 80.0 g/mol. The maximum Gasteiger partial charge on any atom is 0.204 e. The molecule has 0 aromatic carbocycles. The van der Waals surface area contributed by atoms with E-state index in [4.69, 9.17) is 0 Å². The molecule has 0 aliphatic rings. The van der Waals surface area contributed by atoms with E-state index in [-0.39, 0.29) is 0 Å². The molecule has 2 radical (unpaired) electrons. The van der Waals surface area contributed by atoms with Gasteiger partial charge in [0.25, 0.3) is 0 Å². The van der Waals surface area contributed by atoms with Crippen LogP contribution in [0.25, 0.3) is 0 Å². The van der Waals surface area contributed by atoms with Crippen LogP contribution in [0, 0.1) is 0 Å².